The fraction of sp³-hybridized carbons (Fsp3) is 0.500. The molecule has 0 fully saturated rings. The van der Waals surface area contributed by atoms with E-state index in [-0.39, 0.29) is 23.1 Å². The van der Waals surface area contributed by atoms with Crippen LogP contribution in [0.15, 0.2) is 39.9 Å². The van der Waals surface area contributed by atoms with E-state index in [4.69, 9.17) is 9.15 Å². The molecule has 7 heteroatoms. The largest absolute Gasteiger partial charge is 0.486 e. The molecule has 1 heterocycles. The SMILES string of the molecule is CCNC(=NCc1ncc(C(C)(C)C)o1)NCC(C)Oc1ccccc1F. The van der Waals surface area contributed by atoms with Crippen LogP contribution in [0.3, 0.4) is 0 Å². The number of rotatable bonds is 7. The Balaban J connectivity index is 1.91. The molecule has 0 amide bonds. The lowest BCUT2D eigenvalue weighted by Crippen LogP contribution is -2.41. The van der Waals surface area contributed by atoms with Crippen molar-refractivity contribution in [2.45, 2.75) is 52.7 Å². The molecule has 6 nitrogen and oxygen atoms in total. The summed E-state index contributed by atoms with van der Waals surface area (Å²) in [5, 5.41) is 6.35. The van der Waals surface area contributed by atoms with Gasteiger partial charge in [-0.1, -0.05) is 32.9 Å². The summed E-state index contributed by atoms with van der Waals surface area (Å²) in [4.78, 5) is 8.76. The highest BCUT2D eigenvalue weighted by molar-refractivity contribution is 5.79. The second kappa shape index (κ2) is 9.39. The van der Waals surface area contributed by atoms with E-state index < -0.39 is 0 Å². The summed E-state index contributed by atoms with van der Waals surface area (Å²) in [6, 6.07) is 6.37. The molecular weight excluding hydrogens is 347 g/mol. The maximum Gasteiger partial charge on any atom is 0.216 e. The Morgan fingerprint density at radius 2 is 2.04 bits per heavy atom. The van der Waals surface area contributed by atoms with E-state index >= 15 is 0 Å². The van der Waals surface area contributed by atoms with Gasteiger partial charge in [0.05, 0.1) is 12.7 Å². The number of hydrogen-bond acceptors (Lipinski definition) is 4. The normalized spacial score (nSPS) is 13.3. The summed E-state index contributed by atoms with van der Waals surface area (Å²) >= 11 is 0. The number of para-hydroxylation sites is 1. The molecule has 0 spiro atoms. The number of halogens is 1. The summed E-state index contributed by atoms with van der Waals surface area (Å²) in [5.74, 6) is 1.88. The Hall–Kier alpha value is -2.57. The van der Waals surface area contributed by atoms with Crippen molar-refractivity contribution in [2.24, 2.45) is 4.99 Å². The van der Waals surface area contributed by atoms with Gasteiger partial charge in [-0.3, -0.25) is 0 Å². The second-order valence-corrected chi connectivity index (χ2v) is 7.30. The zero-order valence-corrected chi connectivity index (χ0v) is 16.7. The maximum absolute atomic E-state index is 13.7. The standard InChI is InChI=1S/C20H29FN4O2/c1-6-22-19(25-13-18-23-12-17(27-18)20(3,4)5)24-11-14(2)26-16-10-8-7-9-15(16)21/h7-10,12,14H,6,11,13H2,1-5H3,(H2,22,24,25). The molecule has 2 aromatic rings. The van der Waals surface area contributed by atoms with Crippen LogP contribution in [0.5, 0.6) is 5.75 Å². The van der Waals surface area contributed by atoms with Crippen LogP contribution in [0.4, 0.5) is 4.39 Å². The first-order valence-corrected chi connectivity index (χ1v) is 9.18. The molecule has 1 aromatic carbocycles. The van der Waals surface area contributed by atoms with Crippen LogP contribution in [0.2, 0.25) is 0 Å². The lowest BCUT2D eigenvalue weighted by Gasteiger charge is -2.17. The Morgan fingerprint density at radius 1 is 1.30 bits per heavy atom. The molecule has 0 radical (unpaired) electrons. The van der Waals surface area contributed by atoms with E-state index in [1.165, 1.54) is 6.07 Å². The minimum absolute atomic E-state index is 0.0861. The number of ether oxygens (including phenoxy) is 1. The molecule has 2 N–H and O–H groups in total. The zero-order valence-electron chi connectivity index (χ0n) is 16.7. The molecule has 27 heavy (non-hydrogen) atoms. The van der Waals surface area contributed by atoms with Gasteiger partial charge in [-0.2, -0.15) is 0 Å². The third-order valence-electron chi connectivity index (χ3n) is 3.73. The quantitative estimate of drug-likeness (QED) is 0.570. The topological polar surface area (TPSA) is 71.7 Å². The van der Waals surface area contributed by atoms with Crippen molar-refractivity contribution in [1.82, 2.24) is 15.6 Å². The third kappa shape index (κ3) is 6.58. The molecule has 0 aliphatic rings. The number of oxazole rings is 1. The molecule has 0 bridgehead atoms. The van der Waals surface area contributed by atoms with Crippen molar-refractivity contribution in [3.8, 4) is 5.75 Å². The molecule has 0 saturated carbocycles. The predicted molar refractivity (Wildman–Crippen MR) is 105 cm³/mol. The summed E-state index contributed by atoms with van der Waals surface area (Å²) < 4.78 is 25.0. The predicted octanol–water partition coefficient (Wildman–Crippen LogP) is 3.63. The van der Waals surface area contributed by atoms with Crippen LogP contribution in [-0.2, 0) is 12.0 Å². The molecule has 148 valence electrons. The molecule has 1 unspecified atom stereocenters. The third-order valence-corrected chi connectivity index (χ3v) is 3.73. The number of aromatic nitrogens is 1. The highest BCUT2D eigenvalue weighted by atomic mass is 19.1. The fourth-order valence-electron chi connectivity index (χ4n) is 2.26. The van der Waals surface area contributed by atoms with E-state index in [2.05, 4.69) is 41.4 Å². The summed E-state index contributed by atoms with van der Waals surface area (Å²) in [6.45, 7) is 11.6. The molecule has 1 atom stereocenters. The number of nitrogens with zero attached hydrogens (tertiary/aromatic N) is 2. The number of hydrogen-bond donors (Lipinski definition) is 2. The Labute approximate surface area is 160 Å². The van der Waals surface area contributed by atoms with E-state index in [0.717, 1.165) is 5.76 Å². The first-order valence-electron chi connectivity index (χ1n) is 9.18. The van der Waals surface area contributed by atoms with E-state index in [1.54, 1.807) is 24.4 Å². The smallest absolute Gasteiger partial charge is 0.216 e. The first-order chi connectivity index (χ1) is 12.8. The van der Waals surface area contributed by atoms with Crippen LogP contribution >= 0.6 is 0 Å². The van der Waals surface area contributed by atoms with Crippen molar-refractivity contribution in [3.05, 3.63) is 47.9 Å². The highest BCUT2D eigenvalue weighted by Gasteiger charge is 2.19. The number of benzene rings is 1. The minimum atomic E-state index is -0.372. The molecule has 2 rings (SSSR count). The lowest BCUT2D eigenvalue weighted by molar-refractivity contribution is 0.214. The van der Waals surface area contributed by atoms with Gasteiger partial charge in [-0.05, 0) is 26.0 Å². The van der Waals surface area contributed by atoms with Gasteiger partial charge < -0.3 is 19.8 Å². The molecular formula is C20H29FN4O2. The molecule has 0 aliphatic heterocycles. The number of nitrogens with one attached hydrogen (secondary N) is 2. The van der Waals surface area contributed by atoms with Crippen LogP contribution < -0.4 is 15.4 Å². The van der Waals surface area contributed by atoms with Crippen LogP contribution in [0, 0.1) is 5.82 Å². The Morgan fingerprint density at radius 3 is 2.67 bits per heavy atom. The zero-order chi connectivity index (χ0) is 19.9. The summed E-state index contributed by atoms with van der Waals surface area (Å²) in [6.07, 6.45) is 1.51. The van der Waals surface area contributed by atoms with Gasteiger partial charge in [0.2, 0.25) is 5.89 Å². The number of guanidine groups is 1. The fourth-order valence-corrected chi connectivity index (χ4v) is 2.26. The van der Waals surface area contributed by atoms with Gasteiger partial charge in [0, 0.05) is 12.0 Å². The van der Waals surface area contributed by atoms with Gasteiger partial charge in [0.1, 0.15) is 18.4 Å². The first kappa shape index (κ1) is 20.7. The Bertz CT molecular complexity index is 752. The van der Waals surface area contributed by atoms with Crippen molar-refractivity contribution >= 4 is 5.96 Å². The van der Waals surface area contributed by atoms with Crippen molar-refractivity contribution in [2.75, 3.05) is 13.1 Å². The summed E-state index contributed by atoms with van der Waals surface area (Å²) in [7, 11) is 0. The molecule has 1 aromatic heterocycles. The minimum Gasteiger partial charge on any atom is -0.486 e. The van der Waals surface area contributed by atoms with Crippen LogP contribution in [0.25, 0.3) is 0 Å². The van der Waals surface area contributed by atoms with Crippen LogP contribution in [-0.4, -0.2) is 30.1 Å². The van der Waals surface area contributed by atoms with Gasteiger partial charge in [0.15, 0.2) is 17.5 Å². The van der Waals surface area contributed by atoms with Gasteiger partial charge >= 0.3 is 0 Å². The maximum atomic E-state index is 13.7. The van der Waals surface area contributed by atoms with Gasteiger partial charge in [-0.25, -0.2) is 14.4 Å². The van der Waals surface area contributed by atoms with E-state index in [0.29, 0.717) is 31.5 Å². The van der Waals surface area contributed by atoms with E-state index in [1.807, 2.05) is 13.8 Å². The summed E-state index contributed by atoms with van der Waals surface area (Å²) in [5.41, 5.74) is -0.0861. The van der Waals surface area contributed by atoms with Gasteiger partial charge in [-0.15, -0.1) is 0 Å². The van der Waals surface area contributed by atoms with Gasteiger partial charge in [0.25, 0.3) is 0 Å². The molecule has 0 saturated heterocycles. The number of aliphatic imine (C=N–C) groups is 1. The molecule has 0 aliphatic carbocycles. The van der Waals surface area contributed by atoms with Crippen molar-refractivity contribution in [1.29, 1.82) is 0 Å². The van der Waals surface area contributed by atoms with Crippen LogP contribution in [0.1, 0.15) is 46.3 Å². The Kier molecular flexibility index (Phi) is 7.21. The van der Waals surface area contributed by atoms with E-state index in [9.17, 15) is 4.39 Å². The lowest BCUT2D eigenvalue weighted by atomic mass is 9.94. The van der Waals surface area contributed by atoms with Crippen molar-refractivity contribution in [3.63, 3.8) is 0 Å². The highest BCUT2D eigenvalue weighted by Crippen LogP contribution is 2.22. The second-order valence-electron chi connectivity index (χ2n) is 7.30. The monoisotopic (exact) mass is 376 g/mol. The average molecular weight is 376 g/mol. The average Bonchev–Trinajstić information content (AvgIpc) is 3.09. The van der Waals surface area contributed by atoms with Crippen molar-refractivity contribution < 1.29 is 13.5 Å².